The molecule has 0 aliphatic rings. The van der Waals surface area contributed by atoms with E-state index >= 15 is 0 Å². The van der Waals surface area contributed by atoms with Gasteiger partial charge in [-0.1, -0.05) is 6.08 Å². The van der Waals surface area contributed by atoms with E-state index in [-0.39, 0.29) is 28.8 Å². The Morgan fingerprint density at radius 1 is 1.04 bits per heavy atom. The number of carbonyl (C=O) groups excluding carboxylic acids is 1. The average Bonchev–Trinajstić information content (AvgIpc) is 2.62. The number of phenols is 3. The zero-order valence-electron chi connectivity index (χ0n) is 14.2. The van der Waals surface area contributed by atoms with Crippen LogP contribution in [0, 0.1) is 0 Å². The smallest absolute Gasteiger partial charge is 0.200 e. The number of pyridine rings is 1. The number of hydrogen-bond acceptors (Lipinski definition) is 6. The molecule has 0 unspecified atom stereocenters. The minimum absolute atomic E-state index is 0.0100. The fourth-order valence-corrected chi connectivity index (χ4v) is 2.66. The van der Waals surface area contributed by atoms with Gasteiger partial charge in [-0.2, -0.15) is 0 Å². The summed E-state index contributed by atoms with van der Waals surface area (Å²) in [5.74, 6) is -0.579. The third-order valence-corrected chi connectivity index (χ3v) is 3.98. The quantitative estimate of drug-likeness (QED) is 0.489. The molecule has 3 rings (SSSR count). The molecule has 1 aromatic heterocycles. The van der Waals surface area contributed by atoms with Crippen molar-refractivity contribution in [1.82, 2.24) is 4.98 Å². The second-order valence-corrected chi connectivity index (χ2v) is 5.74. The molecule has 26 heavy (non-hydrogen) atoms. The Hall–Kier alpha value is -3.54. The van der Waals surface area contributed by atoms with Gasteiger partial charge in [0.1, 0.15) is 11.3 Å². The number of ketones is 1. The average molecular weight is 351 g/mol. The van der Waals surface area contributed by atoms with Gasteiger partial charge in [-0.05, 0) is 55.0 Å². The molecule has 2 aromatic carbocycles. The standard InChI is InChI=1S/C20H17NO5/c1-11(22)14-7-8-16(23)19-15(14)6-5-13(21-19)4-3-12-9-17(24)20(25)18(10-12)26-2/h3-10,23-25H,1-2H3. The minimum Gasteiger partial charge on any atom is -0.506 e. The molecule has 0 aliphatic heterocycles. The summed E-state index contributed by atoms with van der Waals surface area (Å²) < 4.78 is 5.00. The molecule has 0 radical (unpaired) electrons. The van der Waals surface area contributed by atoms with Gasteiger partial charge in [0.05, 0.1) is 12.8 Å². The maximum atomic E-state index is 11.7. The maximum absolute atomic E-state index is 11.7. The van der Waals surface area contributed by atoms with Crippen molar-refractivity contribution in [3.05, 3.63) is 53.2 Å². The van der Waals surface area contributed by atoms with E-state index in [9.17, 15) is 20.1 Å². The van der Waals surface area contributed by atoms with Gasteiger partial charge in [0.2, 0.25) is 5.75 Å². The number of Topliss-reactive ketones (excluding diaryl/α,β-unsaturated/α-hetero) is 1. The third-order valence-electron chi connectivity index (χ3n) is 3.98. The van der Waals surface area contributed by atoms with Crippen LogP contribution in [-0.2, 0) is 0 Å². The lowest BCUT2D eigenvalue weighted by atomic mass is 10.0. The summed E-state index contributed by atoms with van der Waals surface area (Å²) in [5.41, 5.74) is 1.99. The molecule has 6 nitrogen and oxygen atoms in total. The molecule has 0 saturated carbocycles. The fourth-order valence-electron chi connectivity index (χ4n) is 2.66. The number of rotatable bonds is 4. The van der Waals surface area contributed by atoms with Gasteiger partial charge in [-0.3, -0.25) is 4.79 Å². The number of nitrogens with zero attached hydrogens (tertiary/aromatic N) is 1. The van der Waals surface area contributed by atoms with Crippen molar-refractivity contribution in [2.75, 3.05) is 7.11 Å². The number of carbonyl (C=O) groups is 1. The zero-order chi connectivity index (χ0) is 18.8. The molecule has 0 saturated heterocycles. The van der Waals surface area contributed by atoms with Crippen molar-refractivity contribution in [1.29, 1.82) is 0 Å². The van der Waals surface area contributed by atoms with Crippen LogP contribution in [0.4, 0.5) is 0 Å². The second kappa shape index (κ2) is 6.76. The molecule has 3 aromatic rings. The molecule has 0 aliphatic carbocycles. The Morgan fingerprint density at radius 3 is 2.50 bits per heavy atom. The first-order chi connectivity index (χ1) is 12.4. The van der Waals surface area contributed by atoms with Crippen molar-refractivity contribution in [2.24, 2.45) is 0 Å². The van der Waals surface area contributed by atoms with E-state index in [1.54, 1.807) is 36.4 Å². The van der Waals surface area contributed by atoms with E-state index in [2.05, 4.69) is 4.98 Å². The van der Waals surface area contributed by atoms with Crippen LogP contribution in [0.3, 0.4) is 0 Å². The first kappa shape index (κ1) is 17.3. The number of hydrogen-bond donors (Lipinski definition) is 3. The van der Waals surface area contributed by atoms with E-state index in [1.165, 1.54) is 26.2 Å². The third kappa shape index (κ3) is 3.17. The van der Waals surface area contributed by atoms with Gasteiger partial charge in [-0.15, -0.1) is 0 Å². The van der Waals surface area contributed by atoms with Crippen molar-refractivity contribution >= 4 is 28.8 Å². The number of benzene rings is 2. The van der Waals surface area contributed by atoms with Gasteiger partial charge in [-0.25, -0.2) is 4.98 Å². The summed E-state index contributed by atoms with van der Waals surface area (Å²) in [7, 11) is 1.39. The predicted octanol–water partition coefficient (Wildman–Crippen LogP) is 3.73. The summed E-state index contributed by atoms with van der Waals surface area (Å²) >= 11 is 0. The predicted molar refractivity (Wildman–Crippen MR) is 98.7 cm³/mol. The Labute approximate surface area is 149 Å². The van der Waals surface area contributed by atoms with Crippen molar-refractivity contribution < 1.29 is 24.9 Å². The van der Waals surface area contributed by atoms with Gasteiger partial charge in [0.15, 0.2) is 17.3 Å². The Kier molecular flexibility index (Phi) is 4.49. The minimum atomic E-state index is -0.324. The number of methoxy groups -OCH3 is 1. The normalized spacial score (nSPS) is 11.2. The Bertz CT molecular complexity index is 1040. The Balaban J connectivity index is 2.02. The van der Waals surface area contributed by atoms with Gasteiger partial charge in [0, 0.05) is 10.9 Å². The molecule has 1 heterocycles. The number of ether oxygens (including phenoxy) is 1. The summed E-state index contributed by atoms with van der Waals surface area (Å²) in [6.45, 7) is 1.46. The molecule has 0 atom stereocenters. The molecular weight excluding hydrogens is 334 g/mol. The summed E-state index contributed by atoms with van der Waals surface area (Å²) in [4.78, 5) is 16.1. The maximum Gasteiger partial charge on any atom is 0.200 e. The lowest BCUT2D eigenvalue weighted by molar-refractivity contribution is 0.101. The van der Waals surface area contributed by atoms with Crippen LogP contribution in [0.15, 0.2) is 36.4 Å². The van der Waals surface area contributed by atoms with Gasteiger partial charge >= 0.3 is 0 Å². The number of phenolic OH excluding ortho intramolecular Hbond substituents is 3. The first-order valence-electron chi connectivity index (χ1n) is 7.82. The molecule has 132 valence electrons. The summed E-state index contributed by atoms with van der Waals surface area (Å²) in [6, 6.07) is 9.43. The van der Waals surface area contributed by atoms with Crippen LogP contribution in [-0.4, -0.2) is 33.2 Å². The van der Waals surface area contributed by atoms with Crippen LogP contribution in [0.5, 0.6) is 23.0 Å². The van der Waals surface area contributed by atoms with Gasteiger partial charge in [0.25, 0.3) is 0 Å². The molecule has 3 N–H and O–H groups in total. The van der Waals surface area contributed by atoms with Crippen molar-refractivity contribution in [2.45, 2.75) is 6.92 Å². The number of aromatic hydroxyl groups is 3. The molecular formula is C20H17NO5. The SMILES string of the molecule is COc1cc(C=Cc2ccc3c(C(C)=O)ccc(O)c3n2)cc(O)c1O. The lowest BCUT2D eigenvalue weighted by Gasteiger charge is -2.07. The van der Waals surface area contributed by atoms with Gasteiger partial charge < -0.3 is 20.1 Å². The van der Waals surface area contributed by atoms with Crippen molar-refractivity contribution in [3.8, 4) is 23.0 Å². The highest BCUT2D eigenvalue weighted by Crippen LogP contribution is 2.36. The molecule has 0 spiro atoms. The van der Waals surface area contributed by atoms with Crippen LogP contribution in [0.2, 0.25) is 0 Å². The van der Waals surface area contributed by atoms with Crippen molar-refractivity contribution in [3.63, 3.8) is 0 Å². The van der Waals surface area contributed by atoms with E-state index in [0.29, 0.717) is 27.7 Å². The van der Waals surface area contributed by atoms with E-state index in [0.717, 1.165) is 0 Å². The largest absolute Gasteiger partial charge is 0.506 e. The monoisotopic (exact) mass is 351 g/mol. The van der Waals surface area contributed by atoms with Crippen LogP contribution in [0.1, 0.15) is 28.5 Å². The Morgan fingerprint density at radius 2 is 1.81 bits per heavy atom. The van der Waals surface area contributed by atoms with E-state index in [1.807, 2.05) is 0 Å². The fraction of sp³-hybridized carbons (Fsp3) is 0.100. The number of aromatic nitrogens is 1. The summed E-state index contributed by atoms with van der Waals surface area (Å²) in [6.07, 6.45) is 3.37. The van der Waals surface area contributed by atoms with E-state index in [4.69, 9.17) is 4.74 Å². The molecule has 0 amide bonds. The zero-order valence-corrected chi connectivity index (χ0v) is 14.2. The second-order valence-electron chi connectivity index (χ2n) is 5.74. The first-order valence-corrected chi connectivity index (χ1v) is 7.82. The highest BCUT2D eigenvalue weighted by Gasteiger charge is 2.11. The molecule has 6 heteroatoms. The summed E-state index contributed by atoms with van der Waals surface area (Å²) in [5, 5.41) is 30.0. The highest BCUT2D eigenvalue weighted by molar-refractivity contribution is 6.07. The van der Waals surface area contributed by atoms with Crippen LogP contribution in [0.25, 0.3) is 23.1 Å². The van der Waals surface area contributed by atoms with Crippen LogP contribution >= 0.6 is 0 Å². The highest BCUT2D eigenvalue weighted by atomic mass is 16.5. The number of fused-ring (bicyclic) bond motifs is 1. The molecule has 0 fully saturated rings. The van der Waals surface area contributed by atoms with Crippen LogP contribution < -0.4 is 4.74 Å². The van der Waals surface area contributed by atoms with E-state index < -0.39 is 0 Å². The lowest BCUT2D eigenvalue weighted by Crippen LogP contribution is -1.95. The topological polar surface area (TPSA) is 99.9 Å². The molecule has 0 bridgehead atoms.